The molecule has 1 aliphatic carbocycles. The predicted molar refractivity (Wildman–Crippen MR) is 154 cm³/mol. The molecular weight excluding hydrogens is 665 g/mol. The molecule has 0 amide bonds. The molecule has 0 unspecified atom stereocenters. The molecule has 2 heterocycles. The SMILES string of the molecule is CC(C)c1cccc(C(C)C)c1N1C(c2[c-]c(Oc3ccc4cccc(O)c4n3)ccc2)=N[C@H]2CCC[C@H]21.[Pt]. The van der Waals surface area contributed by atoms with Crippen LogP contribution in [0, 0.1) is 6.07 Å². The number of aliphatic imine (C=N–C) groups is 1. The number of nitrogens with zero attached hydrogens (tertiary/aromatic N) is 3. The smallest absolute Gasteiger partial charge is 0.217 e. The van der Waals surface area contributed by atoms with Crippen LogP contribution in [0.2, 0.25) is 0 Å². The number of aromatic nitrogens is 1. The van der Waals surface area contributed by atoms with E-state index in [9.17, 15) is 5.11 Å². The number of ether oxygens (including phenoxy) is 1. The molecule has 0 spiro atoms. The van der Waals surface area contributed by atoms with Crippen LogP contribution in [0.3, 0.4) is 0 Å². The van der Waals surface area contributed by atoms with Gasteiger partial charge in [-0.1, -0.05) is 64.1 Å². The van der Waals surface area contributed by atoms with Crippen molar-refractivity contribution in [1.29, 1.82) is 0 Å². The van der Waals surface area contributed by atoms with Crippen LogP contribution < -0.4 is 9.64 Å². The second-order valence-corrected chi connectivity index (χ2v) is 11.0. The molecule has 4 aromatic rings. The van der Waals surface area contributed by atoms with Crippen LogP contribution in [0.4, 0.5) is 5.69 Å². The first-order valence-corrected chi connectivity index (χ1v) is 13.7. The van der Waals surface area contributed by atoms with Gasteiger partial charge in [-0.2, -0.15) is 0 Å². The number of anilines is 1. The molecule has 204 valence electrons. The Hall–Kier alpha value is -3.17. The number of hydrogen-bond acceptors (Lipinski definition) is 5. The van der Waals surface area contributed by atoms with Gasteiger partial charge in [-0.3, -0.25) is 0 Å². The summed E-state index contributed by atoms with van der Waals surface area (Å²) in [7, 11) is 0. The minimum atomic E-state index is 0. The number of fused-ring (bicyclic) bond motifs is 2. The fourth-order valence-corrected chi connectivity index (χ4v) is 5.93. The maximum absolute atomic E-state index is 10.2. The van der Waals surface area contributed by atoms with Crippen molar-refractivity contribution in [3.05, 3.63) is 89.5 Å². The van der Waals surface area contributed by atoms with Crippen molar-refractivity contribution < 1.29 is 30.9 Å². The Morgan fingerprint density at radius 3 is 2.36 bits per heavy atom. The van der Waals surface area contributed by atoms with Gasteiger partial charge >= 0.3 is 0 Å². The molecule has 2 aliphatic rings. The van der Waals surface area contributed by atoms with Crippen molar-refractivity contribution in [3.63, 3.8) is 0 Å². The van der Waals surface area contributed by atoms with Gasteiger partial charge in [0.15, 0.2) is 0 Å². The Morgan fingerprint density at radius 2 is 1.62 bits per heavy atom. The van der Waals surface area contributed by atoms with Crippen molar-refractivity contribution in [1.82, 2.24) is 4.98 Å². The fourth-order valence-electron chi connectivity index (χ4n) is 5.93. The molecular formula is C33H34N3O2Pt-. The molecule has 6 rings (SSSR count). The number of rotatable bonds is 6. The molecule has 1 fully saturated rings. The van der Waals surface area contributed by atoms with Gasteiger partial charge in [-0.25, -0.2) is 4.98 Å². The van der Waals surface area contributed by atoms with Crippen molar-refractivity contribution >= 4 is 22.4 Å². The number of phenols is 1. The van der Waals surface area contributed by atoms with E-state index in [1.807, 2.05) is 36.4 Å². The number of aromatic hydroxyl groups is 1. The van der Waals surface area contributed by atoms with E-state index in [0.29, 0.717) is 41.1 Å². The molecule has 1 aromatic heterocycles. The minimum Gasteiger partial charge on any atom is -0.506 e. The number of pyridine rings is 1. The minimum absolute atomic E-state index is 0. The zero-order valence-corrected chi connectivity index (χ0v) is 25.1. The van der Waals surface area contributed by atoms with Crippen LogP contribution in [0.25, 0.3) is 10.9 Å². The third kappa shape index (κ3) is 5.10. The Balaban J connectivity index is 0.00000308. The summed E-state index contributed by atoms with van der Waals surface area (Å²) in [6.07, 6.45) is 3.46. The maximum Gasteiger partial charge on any atom is 0.217 e. The van der Waals surface area contributed by atoms with E-state index in [4.69, 9.17) is 9.73 Å². The molecule has 0 saturated heterocycles. The number of phenolic OH excluding ortho intramolecular Hbond substituents is 1. The summed E-state index contributed by atoms with van der Waals surface area (Å²) < 4.78 is 6.15. The third-order valence-corrected chi connectivity index (χ3v) is 7.77. The van der Waals surface area contributed by atoms with Gasteiger partial charge < -0.3 is 19.7 Å². The van der Waals surface area contributed by atoms with E-state index >= 15 is 0 Å². The van der Waals surface area contributed by atoms with E-state index in [1.165, 1.54) is 23.2 Å². The molecule has 39 heavy (non-hydrogen) atoms. The van der Waals surface area contributed by atoms with E-state index < -0.39 is 0 Å². The monoisotopic (exact) mass is 699 g/mol. The van der Waals surface area contributed by atoms with Crippen molar-refractivity contribution in [3.8, 4) is 17.4 Å². The van der Waals surface area contributed by atoms with Crippen LogP contribution >= 0.6 is 0 Å². The average molecular weight is 700 g/mol. The summed E-state index contributed by atoms with van der Waals surface area (Å²) in [6, 6.07) is 25.9. The van der Waals surface area contributed by atoms with Gasteiger partial charge in [0.2, 0.25) is 5.88 Å². The van der Waals surface area contributed by atoms with E-state index in [1.54, 1.807) is 6.07 Å². The summed E-state index contributed by atoms with van der Waals surface area (Å²) >= 11 is 0. The number of para-hydroxylation sites is 2. The summed E-state index contributed by atoms with van der Waals surface area (Å²) in [5.41, 5.74) is 5.49. The zero-order valence-electron chi connectivity index (χ0n) is 22.8. The van der Waals surface area contributed by atoms with Gasteiger partial charge in [-0.05, 0) is 54.4 Å². The Kier molecular flexibility index (Phi) is 7.82. The number of hydrogen-bond donors (Lipinski definition) is 1. The van der Waals surface area contributed by atoms with E-state index in [-0.39, 0.29) is 26.8 Å². The molecule has 1 aliphatic heterocycles. The standard InChI is InChI=1S/C33H34N3O2.Pt/c1-20(2)25-12-7-13-26(21(3)4)32(25)36-28-15-8-14-27(28)34-33(36)23-10-5-11-24(19-23)38-30-18-17-22-9-6-16-29(37)31(22)35-30;/h5-7,9-13,16-18,20-21,27-28,37H,8,14-15H2,1-4H3;/q-1;/t27-,28+;/m0./s1. The van der Waals surface area contributed by atoms with Crippen molar-refractivity contribution in [2.75, 3.05) is 4.90 Å². The quantitative estimate of drug-likeness (QED) is 0.208. The largest absolute Gasteiger partial charge is 0.506 e. The van der Waals surface area contributed by atoms with Crippen molar-refractivity contribution in [2.45, 2.75) is 70.9 Å². The van der Waals surface area contributed by atoms with Crippen molar-refractivity contribution in [2.24, 2.45) is 4.99 Å². The molecule has 5 nitrogen and oxygen atoms in total. The Labute approximate surface area is 245 Å². The van der Waals surface area contributed by atoms with Crippen LogP contribution in [-0.2, 0) is 21.1 Å². The van der Waals surface area contributed by atoms with Crippen LogP contribution in [0.1, 0.15) is 75.5 Å². The molecule has 1 saturated carbocycles. The van der Waals surface area contributed by atoms with Crippen LogP contribution in [0.5, 0.6) is 17.4 Å². The van der Waals surface area contributed by atoms with Gasteiger partial charge in [0.1, 0.15) is 11.3 Å². The normalized spacial score (nSPS) is 18.4. The molecule has 3 aromatic carbocycles. The summed E-state index contributed by atoms with van der Waals surface area (Å²) in [5.74, 6) is 2.91. The van der Waals surface area contributed by atoms with Gasteiger partial charge in [0.25, 0.3) is 0 Å². The molecule has 0 bridgehead atoms. The predicted octanol–water partition coefficient (Wildman–Crippen LogP) is 7.97. The van der Waals surface area contributed by atoms with E-state index in [2.05, 4.69) is 67.9 Å². The zero-order chi connectivity index (χ0) is 26.4. The number of benzene rings is 3. The first-order chi connectivity index (χ1) is 18.4. The summed E-state index contributed by atoms with van der Waals surface area (Å²) in [6.45, 7) is 9.10. The fraction of sp³-hybridized carbons (Fsp3) is 0.333. The molecule has 6 heteroatoms. The van der Waals surface area contributed by atoms with Crippen LogP contribution in [-0.4, -0.2) is 28.0 Å². The second kappa shape index (κ2) is 11.1. The van der Waals surface area contributed by atoms with Crippen LogP contribution in [0.15, 0.2) is 71.7 Å². The Bertz CT molecular complexity index is 1500. The molecule has 1 N–H and O–H groups in total. The second-order valence-electron chi connectivity index (χ2n) is 11.0. The average Bonchev–Trinajstić information content (AvgIpc) is 3.50. The third-order valence-electron chi connectivity index (χ3n) is 7.77. The summed E-state index contributed by atoms with van der Waals surface area (Å²) in [4.78, 5) is 12.3. The maximum atomic E-state index is 10.2. The summed E-state index contributed by atoms with van der Waals surface area (Å²) in [5, 5.41) is 11.1. The van der Waals surface area contributed by atoms with Gasteiger partial charge in [0, 0.05) is 50.0 Å². The first kappa shape index (κ1) is 27.4. The van der Waals surface area contributed by atoms with Gasteiger partial charge in [0.05, 0.1) is 11.9 Å². The molecule has 2 atom stereocenters. The number of amidine groups is 1. The Morgan fingerprint density at radius 1 is 0.897 bits per heavy atom. The van der Waals surface area contributed by atoms with E-state index in [0.717, 1.165) is 29.6 Å². The molecule has 0 radical (unpaired) electrons. The van der Waals surface area contributed by atoms with Gasteiger partial charge in [-0.15, -0.1) is 23.8 Å². The first-order valence-electron chi connectivity index (χ1n) is 13.7. The topological polar surface area (TPSA) is 58.0 Å².